The molecule has 0 aromatic heterocycles. The Labute approximate surface area is 76.2 Å². The number of amides is 1. The van der Waals surface area contributed by atoms with E-state index >= 15 is 0 Å². The minimum absolute atomic E-state index is 0.133. The van der Waals surface area contributed by atoms with Gasteiger partial charge in [-0.15, -0.1) is 0 Å². The molecule has 0 saturated heterocycles. The van der Waals surface area contributed by atoms with Gasteiger partial charge in [-0.25, -0.2) is 0 Å². The van der Waals surface area contributed by atoms with Crippen LogP contribution < -0.4 is 4.72 Å². The fraction of sp³-hybridized carbons (Fsp3) is 0.500. The summed E-state index contributed by atoms with van der Waals surface area (Å²) < 4.78 is 2.46. The van der Waals surface area contributed by atoms with Crippen molar-refractivity contribution in [3.05, 3.63) is 12.2 Å². The highest BCUT2D eigenvalue weighted by Crippen LogP contribution is 1.96. The van der Waals surface area contributed by atoms with Gasteiger partial charge in [0.15, 0.2) is 0 Å². The van der Waals surface area contributed by atoms with E-state index in [1.54, 1.807) is 6.08 Å². The van der Waals surface area contributed by atoms with Gasteiger partial charge in [-0.2, -0.15) is 0 Å². The molecule has 0 unspecified atom stereocenters. The lowest BCUT2D eigenvalue weighted by Crippen LogP contribution is -2.13. The molecule has 0 fully saturated rings. The van der Waals surface area contributed by atoms with Crippen LogP contribution in [0.25, 0.3) is 0 Å². The monoisotopic (exact) mass is 192 g/mol. The fourth-order valence-electron chi connectivity index (χ4n) is 0.450. The quantitative estimate of drug-likeness (QED) is 0.298. The molecule has 0 aliphatic carbocycles. The van der Waals surface area contributed by atoms with E-state index in [4.69, 9.17) is 0 Å². The van der Waals surface area contributed by atoms with Gasteiger partial charge >= 0.3 is 0 Å². The van der Waals surface area contributed by atoms with Crippen LogP contribution in [0.5, 0.6) is 0 Å². The summed E-state index contributed by atoms with van der Waals surface area (Å²) in [6, 6.07) is 0. The molecule has 0 saturated carbocycles. The number of nitrogens with one attached hydrogen (secondary N) is 1. The first kappa shape index (κ1) is 10.9. The minimum atomic E-state index is -0.133. The molecule has 0 heterocycles. The maximum absolute atomic E-state index is 10.7. The number of carbonyl (C=O) groups excluding carboxylic acids is 1. The van der Waals surface area contributed by atoms with Crippen LogP contribution >= 0.6 is 22.6 Å². The van der Waals surface area contributed by atoms with Crippen LogP contribution in [-0.2, 0) is 4.79 Å². The van der Waals surface area contributed by atoms with Gasteiger partial charge in [0.2, 0.25) is 0 Å². The van der Waals surface area contributed by atoms with Crippen molar-refractivity contribution in [2.75, 3.05) is 20.6 Å². The molecule has 5 heteroatoms. The predicted molar refractivity (Wildman–Crippen MR) is 52.4 cm³/mol. The number of nitrogens with zero attached hydrogens (tertiary/aromatic N) is 1. The Bertz CT molecular complexity index is 148. The van der Waals surface area contributed by atoms with E-state index in [9.17, 15) is 4.79 Å². The van der Waals surface area contributed by atoms with Gasteiger partial charge in [-0.3, -0.25) is 9.52 Å². The van der Waals surface area contributed by atoms with Crippen molar-refractivity contribution in [1.29, 1.82) is 0 Å². The van der Waals surface area contributed by atoms with E-state index in [0.29, 0.717) is 0 Å². The molecule has 0 bridgehead atoms. The van der Waals surface area contributed by atoms with Crippen LogP contribution in [0.1, 0.15) is 0 Å². The van der Waals surface area contributed by atoms with Crippen LogP contribution in [0.2, 0.25) is 0 Å². The lowest BCUT2D eigenvalue weighted by molar-refractivity contribution is -0.114. The number of carbonyl (C=O) groups is 1. The average Bonchev–Trinajstić information content (AvgIpc) is 1.87. The van der Waals surface area contributed by atoms with E-state index < -0.39 is 0 Å². The molecule has 11 heavy (non-hydrogen) atoms. The summed E-state index contributed by atoms with van der Waals surface area (Å²) in [4.78, 5) is 12.7. The summed E-state index contributed by atoms with van der Waals surface area (Å²) in [5.41, 5.74) is 0. The number of hydrogen-bond acceptors (Lipinski definition) is 4. The zero-order chi connectivity index (χ0) is 8.69. The van der Waals surface area contributed by atoms with Crippen molar-refractivity contribution >= 4 is 28.5 Å². The Hall–Kier alpha value is -0.130. The Morgan fingerprint density at radius 1 is 1.73 bits per heavy atom. The molecule has 0 aromatic carbocycles. The molecule has 64 valence electrons. The Morgan fingerprint density at radius 2 is 2.36 bits per heavy atom. The molecule has 0 aliphatic rings. The molecule has 0 aliphatic heterocycles. The van der Waals surface area contributed by atoms with E-state index in [1.165, 1.54) is 6.08 Å². The van der Waals surface area contributed by atoms with Crippen molar-refractivity contribution in [1.82, 2.24) is 9.62 Å². The lowest BCUT2D eigenvalue weighted by atomic mass is 10.4. The van der Waals surface area contributed by atoms with Gasteiger partial charge in [0.05, 0.1) is 0 Å². The van der Waals surface area contributed by atoms with Gasteiger partial charge in [0.25, 0.3) is 5.91 Å². The third kappa shape index (κ3) is 7.77. The van der Waals surface area contributed by atoms with Crippen LogP contribution in [0.15, 0.2) is 12.2 Å². The third-order valence-corrected chi connectivity index (χ3v) is 1.45. The highest BCUT2D eigenvalue weighted by Gasteiger charge is 1.90. The van der Waals surface area contributed by atoms with E-state index in [0.717, 1.165) is 17.5 Å². The fourth-order valence-corrected chi connectivity index (χ4v) is 0.877. The van der Waals surface area contributed by atoms with Crippen molar-refractivity contribution in [2.24, 2.45) is 0 Å². The maximum atomic E-state index is 10.7. The minimum Gasteiger partial charge on any atom is -0.306 e. The number of thiol groups is 1. The third-order valence-electron chi connectivity index (χ3n) is 0.886. The van der Waals surface area contributed by atoms with Gasteiger partial charge in [-0.05, 0) is 14.1 Å². The smallest absolute Gasteiger partial charge is 0.254 e. The molecule has 0 atom stereocenters. The van der Waals surface area contributed by atoms with Crippen molar-refractivity contribution in [2.45, 2.75) is 0 Å². The molecule has 1 amide bonds. The number of hydrogen-bond donors (Lipinski definition) is 2. The Balaban J connectivity index is 3.48. The van der Waals surface area contributed by atoms with Gasteiger partial charge in [0.1, 0.15) is 0 Å². The molecule has 3 nitrogen and oxygen atoms in total. The van der Waals surface area contributed by atoms with Crippen LogP contribution in [0.4, 0.5) is 0 Å². The molecule has 0 radical (unpaired) electrons. The summed E-state index contributed by atoms with van der Waals surface area (Å²) in [6.45, 7) is 0.769. The topological polar surface area (TPSA) is 32.3 Å². The first-order valence-corrected chi connectivity index (χ1v) is 4.95. The van der Waals surface area contributed by atoms with E-state index in [2.05, 4.69) is 16.4 Å². The standard InChI is InChI=1S/C6H12N2OS2/c1-8(2)5-3-4-6(9)7-11-10/h3-4,10H,5H2,1-2H3,(H,7,9)/b4-3+. The molecule has 0 spiro atoms. The molecule has 0 aromatic rings. The summed E-state index contributed by atoms with van der Waals surface area (Å²) in [7, 11) is 4.88. The summed E-state index contributed by atoms with van der Waals surface area (Å²) in [6.07, 6.45) is 3.28. The number of rotatable bonds is 4. The summed E-state index contributed by atoms with van der Waals surface area (Å²) >= 11 is 3.76. The average molecular weight is 192 g/mol. The first-order valence-electron chi connectivity index (χ1n) is 3.08. The van der Waals surface area contributed by atoms with Gasteiger partial charge < -0.3 is 4.90 Å². The predicted octanol–water partition coefficient (Wildman–Crippen LogP) is 0.713. The second kappa shape index (κ2) is 6.57. The van der Waals surface area contributed by atoms with Crippen molar-refractivity contribution in [3.63, 3.8) is 0 Å². The lowest BCUT2D eigenvalue weighted by Gasteiger charge is -2.02. The zero-order valence-corrected chi connectivity index (χ0v) is 8.28. The molecular weight excluding hydrogens is 180 g/mol. The van der Waals surface area contributed by atoms with Crippen molar-refractivity contribution < 1.29 is 4.79 Å². The Morgan fingerprint density at radius 3 is 2.82 bits per heavy atom. The second-order valence-corrected chi connectivity index (χ2v) is 3.16. The second-order valence-electron chi connectivity index (χ2n) is 2.22. The van der Waals surface area contributed by atoms with Crippen LogP contribution in [-0.4, -0.2) is 31.4 Å². The van der Waals surface area contributed by atoms with Crippen LogP contribution in [0, 0.1) is 0 Å². The number of likely N-dealkylation sites (N-methyl/N-ethyl adjacent to an activating group) is 1. The normalized spacial score (nSPS) is 10.9. The molecular formula is C6H12N2OS2. The largest absolute Gasteiger partial charge is 0.306 e. The molecule has 0 rings (SSSR count). The van der Waals surface area contributed by atoms with Gasteiger partial charge in [0, 0.05) is 23.6 Å². The SMILES string of the molecule is CN(C)C/C=C/C(=O)NSS. The first-order chi connectivity index (χ1) is 5.16. The molecule has 1 N–H and O–H groups in total. The van der Waals surface area contributed by atoms with Gasteiger partial charge in [-0.1, -0.05) is 17.7 Å². The van der Waals surface area contributed by atoms with E-state index in [-0.39, 0.29) is 5.91 Å². The highest BCUT2D eigenvalue weighted by atomic mass is 33.1. The zero-order valence-electron chi connectivity index (χ0n) is 6.57. The summed E-state index contributed by atoms with van der Waals surface area (Å²) in [5.74, 6) is -0.133. The van der Waals surface area contributed by atoms with Crippen molar-refractivity contribution in [3.8, 4) is 0 Å². The maximum Gasteiger partial charge on any atom is 0.254 e. The highest BCUT2D eigenvalue weighted by molar-refractivity contribution is 8.68. The Kier molecular flexibility index (Phi) is 6.49. The van der Waals surface area contributed by atoms with E-state index in [1.807, 2.05) is 19.0 Å². The summed E-state index contributed by atoms with van der Waals surface area (Å²) in [5, 5.41) is 0. The van der Waals surface area contributed by atoms with Crippen LogP contribution in [0.3, 0.4) is 0 Å².